The van der Waals surface area contributed by atoms with Crippen molar-refractivity contribution in [3.05, 3.63) is 34.4 Å². The highest BCUT2D eigenvalue weighted by Crippen LogP contribution is 2.22. The first kappa shape index (κ1) is 15.2. The molecule has 1 aromatic carbocycles. The van der Waals surface area contributed by atoms with Gasteiger partial charge in [0.1, 0.15) is 0 Å². The molecule has 1 heterocycles. The molecule has 2 heteroatoms. The molecule has 2 unspecified atom stereocenters. The van der Waals surface area contributed by atoms with Crippen LogP contribution in [-0.4, -0.2) is 30.3 Å². The molecule has 110 valence electrons. The summed E-state index contributed by atoms with van der Waals surface area (Å²) in [7, 11) is 0. The van der Waals surface area contributed by atoms with Gasteiger partial charge in [-0.1, -0.05) is 19.9 Å². The van der Waals surface area contributed by atoms with E-state index in [1.807, 2.05) is 6.92 Å². The lowest BCUT2D eigenvalue weighted by molar-refractivity contribution is 0.0849. The zero-order chi connectivity index (χ0) is 14.9. The van der Waals surface area contributed by atoms with E-state index in [1.54, 1.807) is 0 Å². The quantitative estimate of drug-likeness (QED) is 0.781. The lowest BCUT2D eigenvalue weighted by Gasteiger charge is -2.34. The second-order valence-electron chi connectivity index (χ2n) is 6.81. The largest absolute Gasteiger partial charge is 0.295 e. The van der Waals surface area contributed by atoms with Crippen LogP contribution in [0.15, 0.2) is 12.1 Å². The zero-order valence-electron chi connectivity index (χ0n) is 13.5. The summed E-state index contributed by atoms with van der Waals surface area (Å²) in [5.74, 6) is 1.67. The summed E-state index contributed by atoms with van der Waals surface area (Å²) in [6.07, 6.45) is 1.29. The number of rotatable bonds is 3. The third kappa shape index (κ3) is 3.49. The predicted octanol–water partition coefficient (Wildman–Crippen LogP) is 3.77. The smallest absolute Gasteiger partial charge is 0.177 e. The molecule has 0 spiro atoms. The molecule has 1 saturated heterocycles. The van der Waals surface area contributed by atoms with Crippen molar-refractivity contribution in [3.63, 3.8) is 0 Å². The van der Waals surface area contributed by atoms with Gasteiger partial charge in [-0.25, -0.2) is 0 Å². The van der Waals surface area contributed by atoms with Crippen LogP contribution in [0.25, 0.3) is 0 Å². The van der Waals surface area contributed by atoms with E-state index >= 15 is 0 Å². The molecule has 2 rings (SSSR count). The minimum Gasteiger partial charge on any atom is -0.295 e. The van der Waals surface area contributed by atoms with E-state index in [4.69, 9.17) is 0 Å². The number of carbonyl (C=O) groups is 1. The maximum atomic E-state index is 12.6. The average molecular weight is 273 g/mol. The van der Waals surface area contributed by atoms with Gasteiger partial charge in [0.15, 0.2) is 5.78 Å². The average Bonchev–Trinajstić information content (AvgIpc) is 2.32. The van der Waals surface area contributed by atoms with E-state index in [0.29, 0.717) is 18.4 Å². The molecule has 1 aliphatic heterocycles. The molecule has 0 N–H and O–H groups in total. The fourth-order valence-electron chi connectivity index (χ4n) is 3.47. The third-order valence-corrected chi connectivity index (χ3v) is 4.45. The summed E-state index contributed by atoms with van der Waals surface area (Å²) in [5.41, 5.74) is 4.48. The summed E-state index contributed by atoms with van der Waals surface area (Å²) in [6, 6.07) is 4.19. The van der Waals surface area contributed by atoms with Gasteiger partial charge in [0, 0.05) is 18.7 Å². The maximum Gasteiger partial charge on any atom is 0.177 e. The van der Waals surface area contributed by atoms with Gasteiger partial charge < -0.3 is 0 Å². The number of carbonyl (C=O) groups excluding carboxylic acids is 1. The fraction of sp³-hybridized carbons (Fsp3) is 0.611. The Morgan fingerprint density at radius 3 is 2.20 bits per heavy atom. The van der Waals surface area contributed by atoms with Gasteiger partial charge in [0.05, 0.1) is 6.54 Å². The van der Waals surface area contributed by atoms with Gasteiger partial charge in [-0.05, 0) is 61.8 Å². The molecule has 1 fully saturated rings. The van der Waals surface area contributed by atoms with Crippen molar-refractivity contribution in [2.75, 3.05) is 19.6 Å². The molecule has 0 bridgehead atoms. The molecule has 20 heavy (non-hydrogen) atoms. The normalized spacial score (nSPS) is 23.9. The monoisotopic (exact) mass is 273 g/mol. The second-order valence-corrected chi connectivity index (χ2v) is 6.81. The highest BCUT2D eigenvalue weighted by Gasteiger charge is 2.24. The Hall–Kier alpha value is -1.15. The third-order valence-electron chi connectivity index (χ3n) is 4.45. The Morgan fingerprint density at radius 2 is 1.60 bits per heavy atom. The summed E-state index contributed by atoms with van der Waals surface area (Å²) in [6.45, 7) is 13.5. The number of ketones is 1. The zero-order valence-corrected chi connectivity index (χ0v) is 13.5. The molecule has 2 nitrogen and oxygen atoms in total. The van der Waals surface area contributed by atoms with Gasteiger partial charge in [-0.3, -0.25) is 9.69 Å². The van der Waals surface area contributed by atoms with Crippen molar-refractivity contribution in [1.29, 1.82) is 0 Å². The van der Waals surface area contributed by atoms with Crippen LogP contribution in [0.3, 0.4) is 0 Å². The number of aryl methyl sites for hydroxylation is 3. The first-order valence-corrected chi connectivity index (χ1v) is 7.70. The summed E-state index contributed by atoms with van der Waals surface area (Å²) in [5, 5.41) is 0. The molecule has 0 aromatic heterocycles. The topological polar surface area (TPSA) is 20.3 Å². The Morgan fingerprint density at radius 1 is 1.05 bits per heavy atom. The summed E-state index contributed by atoms with van der Waals surface area (Å²) >= 11 is 0. The van der Waals surface area contributed by atoms with Crippen molar-refractivity contribution < 1.29 is 4.79 Å². The Kier molecular flexibility index (Phi) is 4.64. The Bertz CT molecular complexity index is 496. The summed E-state index contributed by atoms with van der Waals surface area (Å²) in [4.78, 5) is 14.9. The van der Waals surface area contributed by atoms with Crippen molar-refractivity contribution >= 4 is 5.78 Å². The van der Waals surface area contributed by atoms with Crippen molar-refractivity contribution in [3.8, 4) is 0 Å². The van der Waals surface area contributed by atoms with Crippen molar-refractivity contribution in [2.24, 2.45) is 11.8 Å². The van der Waals surface area contributed by atoms with Crippen LogP contribution in [0.2, 0.25) is 0 Å². The van der Waals surface area contributed by atoms with Gasteiger partial charge in [-0.2, -0.15) is 0 Å². The molecule has 0 aliphatic carbocycles. The molecule has 2 atom stereocenters. The number of piperidine rings is 1. The van der Waals surface area contributed by atoms with E-state index < -0.39 is 0 Å². The Balaban J connectivity index is 2.10. The van der Waals surface area contributed by atoms with Crippen molar-refractivity contribution in [2.45, 2.75) is 41.0 Å². The molecular weight excluding hydrogens is 246 g/mol. The maximum absolute atomic E-state index is 12.6. The highest BCUT2D eigenvalue weighted by molar-refractivity contribution is 5.99. The van der Waals surface area contributed by atoms with Crippen LogP contribution in [0.5, 0.6) is 0 Å². The Labute approximate surface area is 123 Å². The predicted molar refractivity (Wildman–Crippen MR) is 84.4 cm³/mol. The fourth-order valence-corrected chi connectivity index (χ4v) is 3.47. The van der Waals surface area contributed by atoms with Gasteiger partial charge in [0.2, 0.25) is 0 Å². The summed E-state index contributed by atoms with van der Waals surface area (Å²) < 4.78 is 0. The van der Waals surface area contributed by atoms with Crippen LogP contribution in [0, 0.1) is 32.6 Å². The van der Waals surface area contributed by atoms with E-state index in [-0.39, 0.29) is 5.78 Å². The molecular formula is C18H27NO. The lowest BCUT2D eigenvalue weighted by Crippen LogP contribution is -2.41. The van der Waals surface area contributed by atoms with Gasteiger partial charge in [0.25, 0.3) is 0 Å². The standard InChI is InChI=1S/C18H27NO/c1-12-6-13(2)10-19(9-12)11-18(20)17-8-15(4)14(3)7-16(17)5/h7-8,12-13H,6,9-11H2,1-5H3. The van der Waals surface area contributed by atoms with Crippen molar-refractivity contribution in [1.82, 2.24) is 4.90 Å². The molecule has 0 amide bonds. The van der Waals surface area contributed by atoms with Crippen LogP contribution in [0.1, 0.15) is 47.3 Å². The molecule has 1 aromatic rings. The van der Waals surface area contributed by atoms with E-state index in [1.165, 1.54) is 17.5 Å². The number of hydrogen-bond donors (Lipinski definition) is 0. The first-order valence-electron chi connectivity index (χ1n) is 7.70. The minimum absolute atomic E-state index is 0.270. The van der Waals surface area contributed by atoms with Gasteiger partial charge in [-0.15, -0.1) is 0 Å². The van der Waals surface area contributed by atoms with E-state index in [0.717, 1.165) is 24.2 Å². The number of benzene rings is 1. The number of Topliss-reactive ketones (excluding diaryl/α,β-unsaturated/α-hetero) is 1. The van der Waals surface area contributed by atoms with Crippen LogP contribution >= 0.6 is 0 Å². The lowest BCUT2D eigenvalue weighted by atomic mass is 9.91. The van der Waals surface area contributed by atoms with Crippen LogP contribution in [-0.2, 0) is 0 Å². The van der Waals surface area contributed by atoms with E-state index in [2.05, 4.69) is 44.7 Å². The van der Waals surface area contributed by atoms with Crippen LogP contribution < -0.4 is 0 Å². The SMILES string of the molecule is Cc1cc(C)c(C(=O)CN2CC(C)CC(C)C2)cc1C. The molecule has 0 saturated carbocycles. The van der Waals surface area contributed by atoms with Crippen LogP contribution in [0.4, 0.5) is 0 Å². The number of hydrogen-bond acceptors (Lipinski definition) is 2. The first-order chi connectivity index (χ1) is 9.36. The molecule has 1 aliphatic rings. The minimum atomic E-state index is 0.270. The number of nitrogens with zero attached hydrogens (tertiary/aromatic N) is 1. The highest BCUT2D eigenvalue weighted by atomic mass is 16.1. The van der Waals surface area contributed by atoms with Gasteiger partial charge >= 0.3 is 0 Å². The van der Waals surface area contributed by atoms with E-state index in [9.17, 15) is 4.79 Å². The number of likely N-dealkylation sites (tertiary alicyclic amines) is 1. The molecule has 0 radical (unpaired) electrons. The second kappa shape index (κ2) is 6.09.